The molecule has 1 amide bonds. The Labute approximate surface area is 142 Å². The Bertz CT molecular complexity index is 731. The molecule has 5 nitrogen and oxygen atoms in total. The summed E-state index contributed by atoms with van der Waals surface area (Å²) in [5, 5.41) is 12.5. The Morgan fingerprint density at radius 1 is 1.13 bits per heavy atom. The Balaban J connectivity index is 2.01. The van der Waals surface area contributed by atoms with Crippen LogP contribution in [0.2, 0.25) is 10.0 Å². The third-order valence-corrected chi connectivity index (χ3v) is 3.51. The molecule has 7 heteroatoms. The number of aromatic hydroxyl groups is 1. The highest BCUT2D eigenvalue weighted by molar-refractivity contribution is 6.35. The summed E-state index contributed by atoms with van der Waals surface area (Å²) in [6, 6.07) is 10.1. The van der Waals surface area contributed by atoms with E-state index in [9.17, 15) is 14.7 Å². The minimum Gasteiger partial charge on any atom is -0.508 e. The van der Waals surface area contributed by atoms with Crippen LogP contribution >= 0.6 is 23.2 Å². The van der Waals surface area contributed by atoms with Gasteiger partial charge in [0.05, 0.1) is 16.3 Å². The van der Waals surface area contributed by atoms with Gasteiger partial charge >= 0.3 is 5.97 Å². The summed E-state index contributed by atoms with van der Waals surface area (Å²) >= 11 is 11.8. The maximum absolute atomic E-state index is 12.1. The third kappa shape index (κ3) is 4.61. The minimum absolute atomic E-state index is 0.0305. The second-order valence-corrected chi connectivity index (χ2v) is 5.55. The van der Waals surface area contributed by atoms with Crippen molar-refractivity contribution >= 4 is 40.8 Å². The zero-order valence-corrected chi connectivity index (χ0v) is 13.6. The number of esters is 1. The summed E-state index contributed by atoms with van der Waals surface area (Å²) in [7, 11) is 0. The molecule has 0 saturated heterocycles. The number of anilines is 1. The number of rotatable bonds is 4. The highest BCUT2D eigenvalue weighted by Gasteiger charge is 2.20. The molecule has 0 bridgehead atoms. The number of hydrogen-bond acceptors (Lipinski definition) is 4. The first kappa shape index (κ1) is 17.1. The zero-order valence-electron chi connectivity index (χ0n) is 12.0. The van der Waals surface area contributed by atoms with E-state index in [0.717, 1.165) is 0 Å². The van der Waals surface area contributed by atoms with Crippen molar-refractivity contribution in [3.63, 3.8) is 0 Å². The smallest absolute Gasteiger partial charge is 0.338 e. The van der Waals surface area contributed by atoms with E-state index in [1.807, 2.05) is 0 Å². The lowest BCUT2D eigenvalue weighted by Crippen LogP contribution is -2.30. The average molecular weight is 354 g/mol. The summed E-state index contributed by atoms with van der Waals surface area (Å²) in [5.41, 5.74) is 0.555. The van der Waals surface area contributed by atoms with Gasteiger partial charge in [-0.2, -0.15) is 0 Å². The molecule has 0 aliphatic carbocycles. The molecule has 0 aliphatic rings. The maximum Gasteiger partial charge on any atom is 0.338 e. The van der Waals surface area contributed by atoms with Crippen LogP contribution in [-0.4, -0.2) is 23.1 Å². The third-order valence-electron chi connectivity index (χ3n) is 2.94. The fraction of sp³-hybridized carbons (Fsp3) is 0.125. The molecule has 0 heterocycles. The molecule has 0 unspecified atom stereocenters. The van der Waals surface area contributed by atoms with E-state index < -0.39 is 18.0 Å². The molecule has 0 aliphatic heterocycles. The molecule has 2 rings (SSSR count). The van der Waals surface area contributed by atoms with Crippen LogP contribution in [0.25, 0.3) is 0 Å². The van der Waals surface area contributed by atoms with Crippen molar-refractivity contribution in [2.75, 3.05) is 5.32 Å². The largest absolute Gasteiger partial charge is 0.508 e. The van der Waals surface area contributed by atoms with Gasteiger partial charge in [-0.3, -0.25) is 4.79 Å². The van der Waals surface area contributed by atoms with Gasteiger partial charge in [0.15, 0.2) is 6.10 Å². The first-order valence-corrected chi connectivity index (χ1v) is 7.38. The van der Waals surface area contributed by atoms with Crippen LogP contribution in [0.3, 0.4) is 0 Å². The van der Waals surface area contributed by atoms with Gasteiger partial charge < -0.3 is 15.2 Å². The lowest BCUT2D eigenvalue weighted by Gasteiger charge is -2.14. The predicted molar refractivity (Wildman–Crippen MR) is 88.1 cm³/mol. The summed E-state index contributed by atoms with van der Waals surface area (Å²) in [6.45, 7) is 1.44. The van der Waals surface area contributed by atoms with Gasteiger partial charge in [0.1, 0.15) is 5.75 Å². The molecule has 0 aromatic heterocycles. The van der Waals surface area contributed by atoms with Crippen LogP contribution in [0, 0.1) is 0 Å². The van der Waals surface area contributed by atoms with Crippen molar-refractivity contribution < 1.29 is 19.4 Å². The molecule has 0 saturated carbocycles. The molecular weight excluding hydrogens is 341 g/mol. The molecule has 120 valence electrons. The molecular formula is C16H13Cl2NO4. The zero-order chi connectivity index (χ0) is 17.0. The van der Waals surface area contributed by atoms with E-state index >= 15 is 0 Å². The number of amides is 1. The van der Waals surface area contributed by atoms with Gasteiger partial charge in [0.25, 0.3) is 5.91 Å². The van der Waals surface area contributed by atoms with E-state index in [-0.39, 0.29) is 11.3 Å². The fourth-order valence-electron chi connectivity index (χ4n) is 1.71. The van der Waals surface area contributed by atoms with Gasteiger partial charge in [0.2, 0.25) is 0 Å². The Morgan fingerprint density at radius 3 is 2.43 bits per heavy atom. The molecule has 23 heavy (non-hydrogen) atoms. The number of phenolic OH excluding ortho intramolecular Hbond substituents is 1. The number of carbonyl (C=O) groups excluding carboxylic acids is 2. The Kier molecular flexibility index (Phi) is 5.47. The highest BCUT2D eigenvalue weighted by Crippen LogP contribution is 2.25. The SMILES string of the molecule is C[C@H](OC(=O)c1ccc(O)cc1)C(=O)Nc1cc(Cl)ccc1Cl. The van der Waals surface area contributed by atoms with Crippen molar-refractivity contribution in [2.24, 2.45) is 0 Å². The highest BCUT2D eigenvalue weighted by atomic mass is 35.5. The van der Waals surface area contributed by atoms with Gasteiger partial charge in [0, 0.05) is 5.02 Å². The normalized spacial score (nSPS) is 11.6. The lowest BCUT2D eigenvalue weighted by molar-refractivity contribution is -0.123. The molecule has 0 fully saturated rings. The van der Waals surface area contributed by atoms with E-state index in [1.54, 1.807) is 12.1 Å². The Morgan fingerprint density at radius 2 is 1.78 bits per heavy atom. The summed E-state index contributed by atoms with van der Waals surface area (Å²) < 4.78 is 5.07. The van der Waals surface area contributed by atoms with Crippen LogP contribution in [-0.2, 0) is 9.53 Å². The van der Waals surface area contributed by atoms with Crippen molar-refractivity contribution in [3.05, 3.63) is 58.1 Å². The number of benzene rings is 2. The molecule has 2 aromatic rings. The average Bonchev–Trinajstić information content (AvgIpc) is 2.51. The number of carbonyl (C=O) groups is 2. The molecule has 0 radical (unpaired) electrons. The monoisotopic (exact) mass is 353 g/mol. The topological polar surface area (TPSA) is 75.6 Å². The van der Waals surface area contributed by atoms with Gasteiger partial charge in [-0.15, -0.1) is 0 Å². The molecule has 2 aromatic carbocycles. The maximum atomic E-state index is 12.1. The first-order chi connectivity index (χ1) is 10.9. The quantitative estimate of drug-likeness (QED) is 0.817. The van der Waals surface area contributed by atoms with Crippen molar-refractivity contribution in [1.82, 2.24) is 0 Å². The Hall–Kier alpha value is -2.24. The number of phenols is 1. The van der Waals surface area contributed by atoms with E-state index in [1.165, 1.54) is 37.3 Å². The van der Waals surface area contributed by atoms with Gasteiger partial charge in [-0.25, -0.2) is 4.79 Å². The van der Waals surface area contributed by atoms with Crippen LogP contribution in [0.5, 0.6) is 5.75 Å². The lowest BCUT2D eigenvalue weighted by atomic mass is 10.2. The second kappa shape index (κ2) is 7.35. The van der Waals surface area contributed by atoms with Crippen LogP contribution < -0.4 is 5.32 Å². The fourth-order valence-corrected chi connectivity index (χ4v) is 2.04. The summed E-state index contributed by atoms with van der Waals surface area (Å²) in [6.07, 6.45) is -1.04. The van der Waals surface area contributed by atoms with Crippen molar-refractivity contribution in [2.45, 2.75) is 13.0 Å². The summed E-state index contributed by atoms with van der Waals surface area (Å²) in [4.78, 5) is 24.0. The van der Waals surface area contributed by atoms with E-state index in [0.29, 0.717) is 15.7 Å². The standard InChI is InChI=1S/C16H13Cl2NO4/c1-9(23-16(22)10-2-5-12(20)6-3-10)15(21)19-14-8-11(17)4-7-13(14)18/h2-9,20H,1H3,(H,19,21)/t9-/m0/s1. The van der Waals surface area contributed by atoms with Crippen LogP contribution in [0.15, 0.2) is 42.5 Å². The first-order valence-electron chi connectivity index (χ1n) is 6.63. The van der Waals surface area contributed by atoms with Crippen molar-refractivity contribution in [3.8, 4) is 5.75 Å². The van der Waals surface area contributed by atoms with Gasteiger partial charge in [-0.05, 0) is 49.4 Å². The number of hydrogen-bond donors (Lipinski definition) is 2. The second-order valence-electron chi connectivity index (χ2n) is 4.71. The molecule has 2 N–H and O–H groups in total. The molecule has 1 atom stereocenters. The van der Waals surface area contributed by atoms with Gasteiger partial charge in [-0.1, -0.05) is 23.2 Å². The van der Waals surface area contributed by atoms with E-state index in [2.05, 4.69) is 5.32 Å². The number of nitrogens with one attached hydrogen (secondary N) is 1. The minimum atomic E-state index is -1.04. The molecule has 0 spiro atoms. The van der Waals surface area contributed by atoms with Crippen molar-refractivity contribution in [1.29, 1.82) is 0 Å². The summed E-state index contributed by atoms with van der Waals surface area (Å²) in [5.74, 6) is -1.19. The van der Waals surface area contributed by atoms with E-state index in [4.69, 9.17) is 27.9 Å². The number of halogens is 2. The van der Waals surface area contributed by atoms with Crippen LogP contribution in [0.1, 0.15) is 17.3 Å². The number of ether oxygens (including phenoxy) is 1. The predicted octanol–water partition coefficient (Wildman–Crippen LogP) is 3.88. The van der Waals surface area contributed by atoms with Crippen LogP contribution in [0.4, 0.5) is 5.69 Å².